The van der Waals surface area contributed by atoms with Crippen LogP contribution >= 0.6 is 0 Å². The molecule has 0 saturated carbocycles. The summed E-state index contributed by atoms with van der Waals surface area (Å²) < 4.78 is 2.08. The molecular formula is C17H18N2O. The molecule has 3 nitrogen and oxygen atoms in total. The van der Waals surface area contributed by atoms with Crippen LogP contribution in [0.3, 0.4) is 0 Å². The van der Waals surface area contributed by atoms with E-state index in [9.17, 15) is 5.11 Å². The predicted octanol–water partition coefficient (Wildman–Crippen LogP) is 3.47. The average Bonchev–Trinajstić information content (AvgIpc) is 2.76. The quantitative estimate of drug-likeness (QED) is 0.771. The van der Waals surface area contributed by atoms with Crippen molar-refractivity contribution >= 4 is 11.0 Å². The molecule has 0 unspecified atom stereocenters. The van der Waals surface area contributed by atoms with E-state index in [1.54, 1.807) is 13.8 Å². The zero-order valence-corrected chi connectivity index (χ0v) is 12.0. The van der Waals surface area contributed by atoms with Crippen LogP contribution in [0.5, 0.6) is 0 Å². The van der Waals surface area contributed by atoms with Crippen molar-refractivity contribution in [3.05, 3.63) is 54.1 Å². The molecule has 0 bridgehead atoms. The van der Waals surface area contributed by atoms with Crippen molar-refractivity contribution in [2.75, 3.05) is 0 Å². The average molecular weight is 266 g/mol. The highest BCUT2D eigenvalue weighted by molar-refractivity contribution is 5.81. The van der Waals surface area contributed by atoms with Crippen LogP contribution < -0.4 is 0 Å². The van der Waals surface area contributed by atoms with Gasteiger partial charge >= 0.3 is 0 Å². The molecule has 0 radical (unpaired) electrons. The van der Waals surface area contributed by atoms with Gasteiger partial charge in [0.05, 0.1) is 16.6 Å². The number of imidazole rings is 1. The van der Waals surface area contributed by atoms with Gasteiger partial charge in [0.25, 0.3) is 0 Å². The topological polar surface area (TPSA) is 38.0 Å². The largest absolute Gasteiger partial charge is 0.386 e. The van der Waals surface area contributed by atoms with Gasteiger partial charge in [0, 0.05) is 12.6 Å². The van der Waals surface area contributed by atoms with E-state index in [1.807, 2.05) is 43.4 Å². The Morgan fingerprint density at radius 2 is 1.75 bits per heavy atom. The normalized spacial score (nSPS) is 12.0. The van der Waals surface area contributed by atoms with Crippen molar-refractivity contribution in [2.24, 2.45) is 7.05 Å². The fourth-order valence-electron chi connectivity index (χ4n) is 2.43. The highest BCUT2D eigenvalue weighted by Crippen LogP contribution is 2.27. The van der Waals surface area contributed by atoms with Gasteiger partial charge in [-0.2, -0.15) is 0 Å². The number of hydrogen-bond acceptors (Lipinski definition) is 2. The summed E-state index contributed by atoms with van der Waals surface area (Å²) in [4.78, 5) is 4.71. The van der Waals surface area contributed by atoms with Crippen LogP contribution in [0.1, 0.15) is 19.4 Å². The molecular weight excluding hydrogens is 248 g/mol. The van der Waals surface area contributed by atoms with Gasteiger partial charge in [0.15, 0.2) is 0 Å². The van der Waals surface area contributed by atoms with Gasteiger partial charge in [-0.05, 0) is 31.5 Å². The van der Waals surface area contributed by atoms with Gasteiger partial charge in [0.2, 0.25) is 0 Å². The first kappa shape index (κ1) is 12.9. The van der Waals surface area contributed by atoms with Crippen LogP contribution in [0.2, 0.25) is 0 Å². The van der Waals surface area contributed by atoms with Crippen molar-refractivity contribution in [1.82, 2.24) is 9.55 Å². The first-order valence-electron chi connectivity index (χ1n) is 6.71. The lowest BCUT2D eigenvalue weighted by atomic mass is 9.98. The van der Waals surface area contributed by atoms with E-state index in [1.165, 1.54) is 0 Å². The Kier molecular flexibility index (Phi) is 2.87. The Morgan fingerprint density at radius 3 is 2.40 bits per heavy atom. The van der Waals surface area contributed by atoms with Crippen LogP contribution in [0, 0.1) is 0 Å². The molecule has 20 heavy (non-hydrogen) atoms. The van der Waals surface area contributed by atoms with Crippen molar-refractivity contribution < 1.29 is 5.11 Å². The molecule has 0 saturated heterocycles. The van der Waals surface area contributed by atoms with Crippen LogP contribution in [0.25, 0.3) is 22.4 Å². The minimum absolute atomic E-state index is 0.849. The fourth-order valence-corrected chi connectivity index (χ4v) is 2.43. The molecule has 3 rings (SSSR count). The molecule has 0 fully saturated rings. The molecule has 0 aliphatic heterocycles. The Morgan fingerprint density at radius 1 is 1.05 bits per heavy atom. The molecule has 0 atom stereocenters. The minimum atomic E-state index is -0.849. The number of hydrogen-bond donors (Lipinski definition) is 1. The Balaban J connectivity index is 2.20. The number of nitrogens with zero attached hydrogens (tertiary/aromatic N) is 2. The summed E-state index contributed by atoms with van der Waals surface area (Å²) in [7, 11) is 2.02. The highest BCUT2D eigenvalue weighted by atomic mass is 16.3. The number of fused-ring (bicyclic) bond motifs is 1. The second-order valence-electron chi connectivity index (χ2n) is 5.62. The van der Waals surface area contributed by atoms with Crippen LogP contribution in [-0.4, -0.2) is 14.7 Å². The van der Waals surface area contributed by atoms with Crippen LogP contribution in [0.15, 0.2) is 48.5 Å². The van der Waals surface area contributed by atoms with Crippen LogP contribution in [0.4, 0.5) is 0 Å². The van der Waals surface area contributed by atoms with Gasteiger partial charge in [-0.1, -0.05) is 36.4 Å². The first-order chi connectivity index (χ1) is 9.47. The lowest BCUT2D eigenvalue weighted by Gasteiger charge is -2.17. The second kappa shape index (κ2) is 4.46. The summed E-state index contributed by atoms with van der Waals surface area (Å²) in [5, 5.41) is 10.1. The van der Waals surface area contributed by atoms with E-state index in [0.29, 0.717) is 0 Å². The third kappa shape index (κ3) is 2.10. The third-order valence-electron chi connectivity index (χ3n) is 3.62. The molecule has 1 heterocycles. The first-order valence-corrected chi connectivity index (χ1v) is 6.71. The van der Waals surface area contributed by atoms with Gasteiger partial charge in [-0.15, -0.1) is 0 Å². The van der Waals surface area contributed by atoms with Crippen molar-refractivity contribution in [3.63, 3.8) is 0 Å². The molecule has 1 N–H and O–H groups in total. The summed E-state index contributed by atoms with van der Waals surface area (Å²) in [6, 6.07) is 16.1. The van der Waals surface area contributed by atoms with Crippen molar-refractivity contribution in [1.29, 1.82) is 0 Å². The summed E-state index contributed by atoms with van der Waals surface area (Å²) in [5.41, 5.74) is 3.10. The molecule has 0 aliphatic carbocycles. The third-order valence-corrected chi connectivity index (χ3v) is 3.62. The lowest BCUT2D eigenvalue weighted by Crippen LogP contribution is -2.15. The summed E-state index contributed by atoms with van der Waals surface area (Å²) >= 11 is 0. The molecule has 1 aromatic heterocycles. The summed E-state index contributed by atoms with van der Waals surface area (Å²) in [6.07, 6.45) is 0. The molecule has 0 spiro atoms. The summed E-state index contributed by atoms with van der Waals surface area (Å²) in [5.74, 6) is 0.938. The predicted molar refractivity (Wildman–Crippen MR) is 81.4 cm³/mol. The molecule has 3 aromatic rings. The Bertz CT molecular complexity index is 752. The zero-order valence-electron chi connectivity index (χ0n) is 12.0. The standard InChI is InChI=1S/C17H18N2O/c1-17(2,20)13-9-10-15-14(11-13)18-16(19(15)3)12-7-5-4-6-8-12/h4-11,20H,1-3H3. The van der Waals surface area contributed by atoms with Gasteiger partial charge in [-0.25, -0.2) is 4.98 Å². The van der Waals surface area contributed by atoms with Gasteiger partial charge in [-0.3, -0.25) is 0 Å². The summed E-state index contributed by atoms with van der Waals surface area (Å²) in [6.45, 7) is 3.57. The van der Waals surface area contributed by atoms with Crippen molar-refractivity contribution in [2.45, 2.75) is 19.4 Å². The monoisotopic (exact) mass is 266 g/mol. The maximum Gasteiger partial charge on any atom is 0.140 e. The number of rotatable bonds is 2. The maximum atomic E-state index is 10.1. The SMILES string of the molecule is Cn1c(-c2ccccc2)nc2cc(C(C)(C)O)ccc21. The Hall–Kier alpha value is -2.13. The van der Waals surface area contributed by atoms with E-state index in [-0.39, 0.29) is 0 Å². The second-order valence-corrected chi connectivity index (χ2v) is 5.62. The highest BCUT2D eigenvalue weighted by Gasteiger charge is 2.18. The van der Waals surface area contributed by atoms with E-state index >= 15 is 0 Å². The smallest absolute Gasteiger partial charge is 0.140 e. The molecule has 102 valence electrons. The zero-order chi connectivity index (χ0) is 14.3. The lowest BCUT2D eigenvalue weighted by molar-refractivity contribution is 0.0787. The molecule has 0 amide bonds. The molecule has 3 heteroatoms. The van der Waals surface area contributed by atoms with E-state index in [2.05, 4.69) is 16.7 Å². The van der Waals surface area contributed by atoms with Gasteiger partial charge in [0.1, 0.15) is 5.82 Å². The van der Waals surface area contributed by atoms with Crippen molar-refractivity contribution in [3.8, 4) is 11.4 Å². The number of aromatic nitrogens is 2. The minimum Gasteiger partial charge on any atom is -0.386 e. The molecule has 0 aliphatic rings. The van der Waals surface area contributed by atoms with E-state index < -0.39 is 5.60 Å². The van der Waals surface area contributed by atoms with E-state index in [0.717, 1.165) is 28.0 Å². The number of aryl methyl sites for hydroxylation is 1. The number of benzene rings is 2. The van der Waals surface area contributed by atoms with E-state index in [4.69, 9.17) is 4.98 Å². The van der Waals surface area contributed by atoms with Gasteiger partial charge < -0.3 is 9.67 Å². The fraction of sp³-hybridized carbons (Fsp3) is 0.235. The molecule has 2 aromatic carbocycles. The Labute approximate surface area is 118 Å². The van der Waals surface area contributed by atoms with Crippen LogP contribution in [-0.2, 0) is 12.6 Å². The maximum absolute atomic E-state index is 10.1. The number of aliphatic hydroxyl groups is 1.